The fourth-order valence-corrected chi connectivity index (χ4v) is 1.62. The molecule has 0 aliphatic heterocycles. The Bertz CT molecular complexity index is 284. The van der Waals surface area contributed by atoms with Crippen LogP contribution in [0.4, 0.5) is 0 Å². The summed E-state index contributed by atoms with van der Waals surface area (Å²) in [5, 5.41) is 0. The van der Waals surface area contributed by atoms with Crippen LogP contribution in [0.3, 0.4) is 0 Å². The number of nitrogens with two attached hydrogens (primary N) is 1. The molecule has 2 unspecified atom stereocenters. The third-order valence-electron chi connectivity index (χ3n) is 2.60. The normalized spacial score (nSPS) is 14.9. The number of rotatable bonds is 5. The van der Waals surface area contributed by atoms with Gasteiger partial charge in [-0.3, -0.25) is 4.98 Å². The first-order valence-electron chi connectivity index (χ1n) is 5.40. The SMILES string of the molecule is CCCC(OC)C(N)c1ccc(C)nc1. The Morgan fingerprint density at radius 2 is 2.20 bits per heavy atom. The fraction of sp³-hybridized carbons (Fsp3) is 0.583. The minimum atomic E-state index is -0.0805. The molecule has 0 bridgehead atoms. The molecule has 0 aromatic carbocycles. The number of nitrogens with zero attached hydrogens (tertiary/aromatic N) is 1. The van der Waals surface area contributed by atoms with E-state index < -0.39 is 0 Å². The Balaban J connectivity index is 2.73. The van der Waals surface area contributed by atoms with Gasteiger partial charge in [0.05, 0.1) is 12.1 Å². The summed E-state index contributed by atoms with van der Waals surface area (Å²) in [7, 11) is 1.71. The van der Waals surface area contributed by atoms with Crippen LogP contribution in [0, 0.1) is 6.92 Å². The van der Waals surface area contributed by atoms with Gasteiger partial charge < -0.3 is 10.5 Å². The van der Waals surface area contributed by atoms with Crippen molar-refractivity contribution in [2.75, 3.05) is 7.11 Å². The minimum absolute atomic E-state index is 0.0805. The molecule has 0 aliphatic rings. The molecular weight excluding hydrogens is 188 g/mol. The highest BCUT2D eigenvalue weighted by molar-refractivity contribution is 5.17. The van der Waals surface area contributed by atoms with Crippen LogP contribution >= 0.6 is 0 Å². The molecule has 15 heavy (non-hydrogen) atoms. The Labute approximate surface area is 91.7 Å². The molecular formula is C12H20N2O. The molecule has 0 aliphatic carbocycles. The van der Waals surface area contributed by atoms with E-state index in [1.165, 1.54) is 0 Å². The fourth-order valence-electron chi connectivity index (χ4n) is 1.62. The van der Waals surface area contributed by atoms with E-state index in [4.69, 9.17) is 10.5 Å². The molecule has 0 saturated carbocycles. The lowest BCUT2D eigenvalue weighted by Crippen LogP contribution is -2.28. The van der Waals surface area contributed by atoms with Crippen molar-refractivity contribution < 1.29 is 4.74 Å². The Morgan fingerprint density at radius 3 is 2.67 bits per heavy atom. The molecule has 1 aromatic rings. The summed E-state index contributed by atoms with van der Waals surface area (Å²) in [4.78, 5) is 4.24. The molecule has 1 aromatic heterocycles. The van der Waals surface area contributed by atoms with E-state index in [-0.39, 0.29) is 12.1 Å². The highest BCUT2D eigenvalue weighted by Gasteiger charge is 2.18. The summed E-state index contributed by atoms with van der Waals surface area (Å²) >= 11 is 0. The zero-order valence-electron chi connectivity index (χ0n) is 9.73. The number of aromatic nitrogens is 1. The van der Waals surface area contributed by atoms with Gasteiger partial charge in [-0.2, -0.15) is 0 Å². The van der Waals surface area contributed by atoms with Gasteiger partial charge in [-0.05, 0) is 25.0 Å². The van der Waals surface area contributed by atoms with Gasteiger partial charge in [0.2, 0.25) is 0 Å². The van der Waals surface area contributed by atoms with Crippen molar-refractivity contribution in [1.82, 2.24) is 4.98 Å². The van der Waals surface area contributed by atoms with Gasteiger partial charge in [-0.15, -0.1) is 0 Å². The Hall–Kier alpha value is -0.930. The van der Waals surface area contributed by atoms with Gasteiger partial charge in [-0.1, -0.05) is 19.4 Å². The quantitative estimate of drug-likeness (QED) is 0.807. The first-order valence-corrected chi connectivity index (χ1v) is 5.40. The summed E-state index contributed by atoms with van der Waals surface area (Å²) in [6.45, 7) is 4.10. The van der Waals surface area contributed by atoms with Crippen molar-refractivity contribution in [2.45, 2.75) is 38.8 Å². The van der Waals surface area contributed by atoms with E-state index in [1.807, 2.05) is 25.3 Å². The topological polar surface area (TPSA) is 48.1 Å². The van der Waals surface area contributed by atoms with Gasteiger partial charge >= 0.3 is 0 Å². The minimum Gasteiger partial charge on any atom is -0.379 e. The number of hydrogen-bond donors (Lipinski definition) is 1. The lowest BCUT2D eigenvalue weighted by Gasteiger charge is -2.22. The van der Waals surface area contributed by atoms with Crippen LogP contribution in [0.1, 0.15) is 37.1 Å². The lowest BCUT2D eigenvalue weighted by molar-refractivity contribution is 0.0724. The second-order valence-electron chi connectivity index (χ2n) is 3.82. The highest BCUT2D eigenvalue weighted by Crippen LogP contribution is 2.19. The van der Waals surface area contributed by atoms with Crippen LogP contribution < -0.4 is 5.73 Å². The van der Waals surface area contributed by atoms with Crippen molar-refractivity contribution in [2.24, 2.45) is 5.73 Å². The summed E-state index contributed by atoms with van der Waals surface area (Å²) in [5.74, 6) is 0. The summed E-state index contributed by atoms with van der Waals surface area (Å²) in [6, 6.07) is 3.92. The molecule has 0 fully saturated rings. The van der Waals surface area contributed by atoms with E-state index in [0.717, 1.165) is 24.1 Å². The van der Waals surface area contributed by atoms with E-state index >= 15 is 0 Å². The number of ether oxygens (including phenoxy) is 1. The smallest absolute Gasteiger partial charge is 0.0764 e. The number of methoxy groups -OCH3 is 1. The zero-order chi connectivity index (χ0) is 11.3. The average Bonchev–Trinajstić information content (AvgIpc) is 2.26. The van der Waals surface area contributed by atoms with Crippen molar-refractivity contribution in [3.05, 3.63) is 29.6 Å². The highest BCUT2D eigenvalue weighted by atomic mass is 16.5. The number of hydrogen-bond acceptors (Lipinski definition) is 3. The lowest BCUT2D eigenvalue weighted by atomic mass is 10.0. The third kappa shape index (κ3) is 3.29. The van der Waals surface area contributed by atoms with Crippen LogP contribution in [0.2, 0.25) is 0 Å². The number of aryl methyl sites for hydroxylation is 1. The first-order chi connectivity index (χ1) is 7.19. The van der Waals surface area contributed by atoms with Crippen molar-refractivity contribution in [3.8, 4) is 0 Å². The van der Waals surface area contributed by atoms with Crippen molar-refractivity contribution in [3.63, 3.8) is 0 Å². The van der Waals surface area contributed by atoms with Gasteiger partial charge in [-0.25, -0.2) is 0 Å². The van der Waals surface area contributed by atoms with Crippen molar-refractivity contribution in [1.29, 1.82) is 0 Å². The van der Waals surface area contributed by atoms with E-state index in [9.17, 15) is 0 Å². The Kier molecular flexibility index (Phi) is 4.72. The summed E-state index contributed by atoms with van der Waals surface area (Å²) < 4.78 is 5.38. The first kappa shape index (κ1) is 12.1. The van der Waals surface area contributed by atoms with Gasteiger partial charge in [0.25, 0.3) is 0 Å². The maximum absolute atomic E-state index is 6.12. The molecule has 0 saturated heterocycles. The molecule has 0 spiro atoms. The molecule has 1 rings (SSSR count). The zero-order valence-corrected chi connectivity index (χ0v) is 9.73. The molecule has 0 radical (unpaired) electrons. The van der Waals surface area contributed by atoms with Gasteiger partial charge in [0.1, 0.15) is 0 Å². The predicted molar refractivity (Wildman–Crippen MR) is 61.6 cm³/mol. The molecule has 0 amide bonds. The van der Waals surface area contributed by atoms with Crippen LogP contribution in [-0.4, -0.2) is 18.2 Å². The van der Waals surface area contributed by atoms with Crippen LogP contribution in [0.15, 0.2) is 18.3 Å². The molecule has 2 atom stereocenters. The maximum Gasteiger partial charge on any atom is 0.0764 e. The molecule has 2 N–H and O–H groups in total. The van der Waals surface area contributed by atoms with Crippen molar-refractivity contribution >= 4 is 0 Å². The average molecular weight is 208 g/mol. The second kappa shape index (κ2) is 5.83. The van der Waals surface area contributed by atoms with Crippen LogP contribution in [0.5, 0.6) is 0 Å². The third-order valence-corrected chi connectivity index (χ3v) is 2.60. The van der Waals surface area contributed by atoms with E-state index in [1.54, 1.807) is 7.11 Å². The maximum atomic E-state index is 6.12. The second-order valence-corrected chi connectivity index (χ2v) is 3.82. The van der Waals surface area contributed by atoms with Crippen LogP contribution in [-0.2, 0) is 4.74 Å². The van der Waals surface area contributed by atoms with Crippen LogP contribution in [0.25, 0.3) is 0 Å². The standard InChI is InChI=1S/C12H20N2O/c1-4-5-11(15-3)12(13)10-7-6-9(2)14-8-10/h6-8,11-12H,4-5,13H2,1-3H3. The molecule has 1 heterocycles. The molecule has 84 valence electrons. The van der Waals surface area contributed by atoms with E-state index in [2.05, 4.69) is 11.9 Å². The van der Waals surface area contributed by atoms with Gasteiger partial charge in [0.15, 0.2) is 0 Å². The number of pyridine rings is 1. The summed E-state index contributed by atoms with van der Waals surface area (Å²) in [6.07, 6.45) is 3.97. The van der Waals surface area contributed by atoms with Gasteiger partial charge in [0, 0.05) is 19.0 Å². The predicted octanol–water partition coefficient (Wildman–Crippen LogP) is 2.20. The molecule has 3 heteroatoms. The molecule has 3 nitrogen and oxygen atoms in total. The van der Waals surface area contributed by atoms with E-state index in [0.29, 0.717) is 0 Å². The largest absolute Gasteiger partial charge is 0.379 e. The summed E-state index contributed by atoms with van der Waals surface area (Å²) in [5.41, 5.74) is 8.17. The monoisotopic (exact) mass is 208 g/mol. The Morgan fingerprint density at radius 1 is 1.47 bits per heavy atom.